The highest BCUT2D eigenvalue weighted by Crippen LogP contribution is 2.58. The van der Waals surface area contributed by atoms with Crippen LogP contribution in [0, 0.1) is 27.7 Å². The fourth-order valence-electron chi connectivity index (χ4n) is 19.0. The topological polar surface area (TPSA) is 8.17 Å². The van der Waals surface area contributed by atoms with E-state index >= 15 is 0 Å². The van der Waals surface area contributed by atoms with Gasteiger partial charge in [0.2, 0.25) is 0 Å². The normalized spacial score (nSPS) is 14.1. The number of fused-ring (bicyclic) bond motifs is 12. The summed E-state index contributed by atoms with van der Waals surface area (Å²) in [5, 5.41) is 2.56. The third-order valence-corrected chi connectivity index (χ3v) is 25.2. The van der Waals surface area contributed by atoms with Gasteiger partial charge < -0.3 is 9.47 Å². The maximum atomic E-state index is 2.73. The third kappa shape index (κ3) is 14.2. The van der Waals surface area contributed by atoms with E-state index in [9.17, 15) is 0 Å². The van der Waals surface area contributed by atoms with Crippen LogP contribution in [0.5, 0.6) is 0 Å². The fourth-order valence-corrected chi connectivity index (χ4v) is 19.0. The van der Waals surface area contributed by atoms with E-state index in [1.807, 2.05) is 0 Å². The Bertz CT molecular complexity index is 4780. The number of hydrogen-bond donors (Lipinski definition) is 0. The standard InChI is InChI=1S/C101H118N2/c1-12-15-18-21-23-25-27-29-31-36-59-101(60-37-32-30-28-26-24-22-19-16-13-2)95-64-72(6)71(5)62-88(95)89-63-73(7)87(69-96(89)101)77-46-55-83-85-57-53-81(68-94(85)100(10,11)92(83)66-77)102(80-52-56-84-82-54-41-70(4)61-91(82)99(8,9)93(84)67-80)78-50-44-75(45-51-78)76-47-58-98-90(65-76)86-39-34-35-40-97(86)103(98)79-48-42-74(43-49-79)38-33-20-17-14-3/h34-35,39-58,61-69H,12-33,36-38,59-60H2,1-11H3. The summed E-state index contributed by atoms with van der Waals surface area (Å²) >= 11 is 0. The highest BCUT2D eigenvalue weighted by molar-refractivity contribution is 6.10. The molecule has 14 rings (SSSR count). The second-order valence-corrected chi connectivity index (χ2v) is 33.1. The Morgan fingerprint density at radius 1 is 0.301 bits per heavy atom. The Kier molecular flexibility index (Phi) is 21.8. The van der Waals surface area contributed by atoms with Crippen molar-refractivity contribution in [2.75, 3.05) is 4.90 Å². The third-order valence-electron chi connectivity index (χ3n) is 25.2. The molecular weight excluding hydrogens is 1240 g/mol. The van der Waals surface area contributed by atoms with E-state index in [2.05, 4.69) is 274 Å². The summed E-state index contributed by atoms with van der Waals surface area (Å²) < 4.78 is 2.46. The molecule has 0 atom stereocenters. The molecule has 0 saturated carbocycles. The first-order chi connectivity index (χ1) is 50.1. The monoisotopic (exact) mass is 1360 g/mol. The molecule has 3 aliphatic rings. The zero-order valence-electron chi connectivity index (χ0n) is 64.9. The van der Waals surface area contributed by atoms with E-state index in [1.165, 1.54) is 312 Å². The summed E-state index contributed by atoms with van der Waals surface area (Å²) in [6.07, 6.45) is 36.1. The highest BCUT2D eigenvalue weighted by Gasteiger charge is 2.44. The van der Waals surface area contributed by atoms with Crippen LogP contribution in [-0.2, 0) is 22.7 Å². The molecule has 2 heteroatoms. The molecule has 3 aliphatic carbocycles. The molecule has 0 unspecified atom stereocenters. The van der Waals surface area contributed by atoms with Crippen LogP contribution in [0.4, 0.5) is 17.1 Å². The summed E-state index contributed by atoms with van der Waals surface area (Å²) in [5.74, 6) is 0. The minimum Gasteiger partial charge on any atom is -0.310 e. The SMILES string of the molecule is CCCCCCCCCCCCC1(CCCCCCCCCCCC)c2cc(C)c(C)cc2-c2cc(C)c(-c3ccc4c(c3)C(C)(C)c3cc(N(c5ccc(-c6ccc7c(c6)c6ccccc6n7-c6ccc(CCCCCC)cc6)cc5)c5ccc6c(c5)C(C)(C)c5cc(C)ccc5-6)ccc3-4)cc21. The molecular formula is C101H118N2. The first kappa shape index (κ1) is 71.8. The summed E-state index contributed by atoms with van der Waals surface area (Å²) in [4.78, 5) is 2.54. The quantitative estimate of drug-likeness (QED) is 0.0372. The molecule has 0 N–H and O–H groups in total. The van der Waals surface area contributed by atoms with Gasteiger partial charge in [-0.25, -0.2) is 0 Å². The van der Waals surface area contributed by atoms with Crippen molar-refractivity contribution >= 4 is 38.9 Å². The molecule has 0 aliphatic heterocycles. The van der Waals surface area contributed by atoms with Gasteiger partial charge in [0.25, 0.3) is 0 Å². The minimum absolute atomic E-state index is 0.0101. The predicted octanol–water partition coefficient (Wildman–Crippen LogP) is 30.4. The van der Waals surface area contributed by atoms with Crippen LogP contribution in [0.25, 0.3) is 83.1 Å². The zero-order chi connectivity index (χ0) is 71.4. The number of rotatable bonds is 33. The van der Waals surface area contributed by atoms with E-state index in [-0.39, 0.29) is 16.2 Å². The van der Waals surface area contributed by atoms with Crippen LogP contribution in [0.2, 0.25) is 0 Å². The summed E-state index contributed by atoms with van der Waals surface area (Å²) in [5.41, 5.74) is 36.1. The second kappa shape index (κ2) is 31.2. The lowest BCUT2D eigenvalue weighted by molar-refractivity contribution is 0.396. The minimum atomic E-state index is -0.255. The molecule has 0 saturated heterocycles. The maximum Gasteiger partial charge on any atom is 0.0541 e. The molecule has 2 nitrogen and oxygen atoms in total. The number of anilines is 3. The Morgan fingerprint density at radius 2 is 0.748 bits per heavy atom. The van der Waals surface area contributed by atoms with Gasteiger partial charge in [0, 0.05) is 49.8 Å². The van der Waals surface area contributed by atoms with Crippen LogP contribution in [-0.4, -0.2) is 4.57 Å². The Balaban J connectivity index is 0.792. The van der Waals surface area contributed by atoms with E-state index in [4.69, 9.17) is 0 Å². The molecule has 11 aromatic rings. The molecule has 0 radical (unpaired) electrons. The zero-order valence-corrected chi connectivity index (χ0v) is 64.9. The van der Waals surface area contributed by atoms with E-state index in [1.54, 1.807) is 11.1 Å². The van der Waals surface area contributed by atoms with E-state index in [0.29, 0.717) is 0 Å². The van der Waals surface area contributed by atoms with Crippen molar-refractivity contribution in [2.45, 2.75) is 266 Å². The van der Waals surface area contributed by atoms with Crippen molar-refractivity contribution in [1.29, 1.82) is 0 Å². The Labute approximate surface area is 620 Å². The highest BCUT2D eigenvalue weighted by atomic mass is 15.1. The van der Waals surface area contributed by atoms with Gasteiger partial charge in [0.15, 0.2) is 0 Å². The molecule has 0 fully saturated rings. The van der Waals surface area contributed by atoms with Crippen LogP contribution < -0.4 is 4.90 Å². The van der Waals surface area contributed by atoms with Gasteiger partial charge in [0.05, 0.1) is 11.0 Å². The van der Waals surface area contributed by atoms with Crippen molar-refractivity contribution in [2.24, 2.45) is 0 Å². The van der Waals surface area contributed by atoms with E-state index in [0.717, 1.165) is 12.1 Å². The van der Waals surface area contributed by atoms with Crippen molar-refractivity contribution in [1.82, 2.24) is 4.57 Å². The van der Waals surface area contributed by atoms with Crippen LogP contribution in [0.15, 0.2) is 188 Å². The second-order valence-electron chi connectivity index (χ2n) is 33.1. The molecule has 1 aromatic heterocycles. The fraction of sp³-hybridized carbons (Fsp3) is 0.406. The predicted molar refractivity (Wildman–Crippen MR) is 447 cm³/mol. The smallest absolute Gasteiger partial charge is 0.0541 e. The maximum absolute atomic E-state index is 2.73. The van der Waals surface area contributed by atoms with Gasteiger partial charge in [-0.15, -0.1) is 0 Å². The number of nitrogens with zero attached hydrogens (tertiary/aromatic N) is 2. The largest absolute Gasteiger partial charge is 0.310 e. The van der Waals surface area contributed by atoms with Crippen molar-refractivity contribution in [3.63, 3.8) is 0 Å². The molecule has 10 aromatic carbocycles. The van der Waals surface area contributed by atoms with Crippen molar-refractivity contribution in [3.05, 3.63) is 249 Å². The average Bonchev–Trinajstić information content (AvgIpc) is 1.57. The lowest BCUT2D eigenvalue weighted by Crippen LogP contribution is -2.26. The number of aryl methyl sites for hydroxylation is 5. The van der Waals surface area contributed by atoms with Crippen LogP contribution >= 0.6 is 0 Å². The Hall–Kier alpha value is -8.20. The molecule has 0 bridgehead atoms. The summed E-state index contributed by atoms with van der Waals surface area (Å²) in [6, 6.07) is 74.7. The molecule has 103 heavy (non-hydrogen) atoms. The first-order valence-corrected chi connectivity index (χ1v) is 41.0. The number of hydrogen-bond acceptors (Lipinski definition) is 1. The van der Waals surface area contributed by atoms with Gasteiger partial charge in [-0.3, -0.25) is 0 Å². The van der Waals surface area contributed by atoms with Gasteiger partial charge in [0.1, 0.15) is 0 Å². The lowest BCUT2D eigenvalue weighted by Gasteiger charge is -2.34. The van der Waals surface area contributed by atoms with Crippen LogP contribution in [0.1, 0.15) is 277 Å². The van der Waals surface area contributed by atoms with Crippen molar-refractivity contribution < 1.29 is 0 Å². The molecule has 0 spiro atoms. The van der Waals surface area contributed by atoms with Gasteiger partial charge in [-0.2, -0.15) is 0 Å². The number of para-hydroxylation sites is 1. The number of unbranched alkanes of at least 4 members (excludes halogenated alkanes) is 21. The number of aromatic nitrogens is 1. The first-order valence-electron chi connectivity index (χ1n) is 41.0. The van der Waals surface area contributed by atoms with Crippen LogP contribution in [0.3, 0.4) is 0 Å². The molecule has 532 valence electrons. The number of benzene rings is 10. The van der Waals surface area contributed by atoms with Gasteiger partial charge in [-0.05, 0) is 244 Å². The molecule has 1 heterocycles. The van der Waals surface area contributed by atoms with Gasteiger partial charge >= 0.3 is 0 Å². The van der Waals surface area contributed by atoms with E-state index < -0.39 is 0 Å². The summed E-state index contributed by atoms with van der Waals surface area (Å²) in [7, 11) is 0. The van der Waals surface area contributed by atoms with Crippen molar-refractivity contribution in [3.8, 4) is 61.3 Å². The Morgan fingerprint density at radius 3 is 1.33 bits per heavy atom. The van der Waals surface area contributed by atoms with Gasteiger partial charge in [-0.1, -0.05) is 311 Å². The molecule has 0 amide bonds. The lowest BCUT2D eigenvalue weighted by atomic mass is 9.69. The average molecular weight is 1360 g/mol. The summed E-state index contributed by atoms with van der Waals surface area (Å²) in [6.45, 7) is 26.1.